The van der Waals surface area contributed by atoms with E-state index < -0.39 is 12.1 Å². The average Bonchev–Trinajstić information content (AvgIpc) is 3.10. The summed E-state index contributed by atoms with van der Waals surface area (Å²) in [5.41, 5.74) is 13.3. The standard InChI is InChI=1S/C24H43ClN6O2/c1-4-6-19-17(25)8-7-16-13-20(31(19)15-16)22(23(26)27)24(32)29-18-14-28-10-9-21(18)33-12-5-11-30(2)3/h8,13,16,18-19,21-23,28H,4-7,9-12,14-15,26-27H2,1-3H3,(H,29,32). The Labute approximate surface area is 204 Å². The predicted octanol–water partition coefficient (Wildman–Crippen LogP) is 1.17. The van der Waals surface area contributed by atoms with Crippen molar-refractivity contribution in [2.24, 2.45) is 23.3 Å². The smallest absolute Gasteiger partial charge is 0.232 e. The molecule has 6 N–H and O–H groups in total. The Morgan fingerprint density at radius 1 is 1.42 bits per heavy atom. The number of nitrogens with two attached hydrogens (primary N) is 2. The Balaban J connectivity index is 1.69. The van der Waals surface area contributed by atoms with Gasteiger partial charge in [0.1, 0.15) is 5.92 Å². The summed E-state index contributed by atoms with van der Waals surface area (Å²) in [6.07, 6.45) is 8.15. The Hall–Kier alpha value is -1.16. The zero-order valence-electron chi connectivity index (χ0n) is 20.4. The van der Waals surface area contributed by atoms with E-state index in [4.69, 9.17) is 27.8 Å². The normalized spacial score (nSPS) is 28.5. The van der Waals surface area contributed by atoms with Crippen LogP contribution in [0, 0.1) is 11.8 Å². The summed E-state index contributed by atoms with van der Waals surface area (Å²) < 4.78 is 6.17. The molecule has 3 aliphatic heterocycles. The molecular weight excluding hydrogens is 440 g/mol. The van der Waals surface area contributed by atoms with Crippen molar-refractivity contribution in [1.29, 1.82) is 0 Å². The second kappa shape index (κ2) is 12.5. The van der Waals surface area contributed by atoms with Crippen LogP contribution in [0.4, 0.5) is 0 Å². The van der Waals surface area contributed by atoms with Gasteiger partial charge in [-0.25, -0.2) is 0 Å². The zero-order valence-corrected chi connectivity index (χ0v) is 21.2. The molecule has 0 spiro atoms. The SMILES string of the molecule is CCCC1C(Cl)=CCC2C=C(C(C(=O)NC3CNCCC3OCCCN(C)C)C(N)N)N1C2. The van der Waals surface area contributed by atoms with Gasteiger partial charge in [0.2, 0.25) is 5.91 Å². The molecule has 0 aromatic heterocycles. The summed E-state index contributed by atoms with van der Waals surface area (Å²) in [5, 5.41) is 7.45. The molecule has 0 aliphatic carbocycles. The van der Waals surface area contributed by atoms with Crippen molar-refractivity contribution < 1.29 is 9.53 Å². The van der Waals surface area contributed by atoms with E-state index >= 15 is 0 Å². The molecule has 33 heavy (non-hydrogen) atoms. The Morgan fingerprint density at radius 2 is 2.21 bits per heavy atom. The molecule has 1 fully saturated rings. The van der Waals surface area contributed by atoms with Crippen molar-refractivity contribution in [3.8, 4) is 0 Å². The molecule has 5 atom stereocenters. The van der Waals surface area contributed by atoms with Gasteiger partial charge in [-0.05, 0) is 58.8 Å². The van der Waals surface area contributed by atoms with Crippen LogP contribution in [0.15, 0.2) is 22.9 Å². The van der Waals surface area contributed by atoms with Crippen LogP contribution in [0.2, 0.25) is 0 Å². The van der Waals surface area contributed by atoms with Crippen molar-refractivity contribution in [2.45, 2.75) is 63.4 Å². The third kappa shape index (κ3) is 6.93. The number of rotatable bonds is 11. The van der Waals surface area contributed by atoms with E-state index in [1.165, 1.54) is 0 Å². The third-order valence-electron chi connectivity index (χ3n) is 6.86. The number of hydrogen-bond donors (Lipinski definition) is 4. The Morgan fingerprint density at radius 3 is 2.91 bits per heavy atom. The van der Waals surface area contributed by atoms with Gasteiger partial charge in [-0.15, -0.1) is 0 Å². The molecule has 3 heterocycles. The molecule has 0 radical (unpaired) electrons. The topological polar surface area (TPSA) is 109 Å². The first-order valence-electron chi connectivity index (χ1n) is 12.4. The van der Waals surface area contributed by atoms with Crippen LogP contribution in [-0.2, 0) is 9.53 Å². The lowest BCUT2D eigenvalue weighted by Gasteiger charge is -2.38. The van der Waals surface area contributed by atoms with E-state index in [-0.39, 0.29) is 24.1 Å². The van der Waals surface area contributed by atoms with Gasteiger partial charge in [0.05, 0.1) is 24.4 Å². The number of amides is 1. The molecule has 3 rings (SSSR count). The molecule has 188 valence electrons. The van der Waals surface area contributed by atoms with Crippen molar-refractivity contribution in [2.75, 3.05) is 46.9 Å². The number of ether oxygens (including phenoxy) is 1. The molecule has 0 saturated carbocycles. The summed E-state index contributed by atoms with van der Waals surface area (Å²) in [7, 11) is 4.12. The minimum atomic E-state index is -0.794. The predicted molar refractivity (Wildman–Crippen MR) is 134 cm³/mol. The molecule has 9 heteroatoms. The van der Waals surface area contributed by atoms with Crippen LogP contribution in [0.1, 0.15) is 39.0 Å². The Kier molecular flexibility index (Phi) is 10.0. The minimum absolute atomic E-state index is 0.0162. The lowest BCUT2D eigenvalue weighted by molar-refractivity contribution is -0.127. The first-order valence-corrected chi connectivity index (χ1v) is 12.8. The second-order valence-electron chi connectivity index (χ2n) is 9.86. The lowest BCUT2D eigenvalue weighted by atomic mass is 9.95. The number of fused-ring (bicyclic) bond motifs is 2. The number of nitrogens with zero attached hydrogens (tertiary/aromatic N) is 2. The van der Waals surface area contributed by atoms with Gasteiger partial charge in [0.25, 0.3) is 0 Å². The molecule has 1 amide bonds. The molecule has 1 saturated heterocycles. The zero-order chi connectivity index (χ0) is 24.0. The Bertz CT molecular complexity index is 713. The van der Waals surface area contributed by atoms with Gasteiger partial charge >= 0.3 is 0 Å². The highest BCUT2D eigenvalue weighted by Gasteiger charge is 2.41. The fourth-order valence-corrected chi connectivity index (χ4v) is 5.48. The highest BCUT2D eigenvalue weighted by molar-refractivity contribution is 6.30. The molecule has 5 unspecified atom stereocenters. The maximum atomic E-state index is 13.5. The number of halogens is 1. The van der Waals surface area contributed by atoms with Crippen molar-refractivity contribution in [3.63, 3.8) is 0 Å². The lowest BCUT2D eigenvalue weighted by Crippen LogP contribution is -2.59. The second-order valence-corrected chi connectivity index (χ2v) is 10.3. The van der Waals surface area contributed by atoms with E-state index in [1.54, 1.807) is 0 Å². The number of piperidine rings is 1. The number of carbonyl (C=O) groups is 1. The molecule has 0 aromatic rings. The van der Waals surface area contributed by atoms with E-state index in [1.807, 2.05) is 0 Å². The van der Waals surface area contributed by atoms with E-state index in [0.717, 1.165) is 62.5 Å². The van der Waals surface area contributed by atoms with Gasteiger partial charge in [-0.3, -0.25) is 4.79 Å². The van der Waals surface area contributed by atoms with E-state index in [2.05, 4.69) is 53.6 Å². The largest absolute Gasteiger partial charge is 0.376 e. The summed E-state index contributed by atoms with van der Waals surface area (Å²) >= 11 is 6.65. The maximum Gasteiger partial charge on any atom is 0.232 e. The van der Waals surface area contributed by atoms with Gasteiger partial charge < -0.3 is 36.6 Å². The maximum absolute atomic E-state index is 13.5. The first-order chi connectivity index (χ1) is 15.8. The minimum Gasteiger partial charge on any atom is -0.376 e. The van der Waals surface area contributed by atoms with Crippen LogP contribution >= 0.6 is 11.6 Å². The fourth-order valence-electron chi connectivity index (χ4n) is 5.17. The van der Waals surface area contributed by atoms with E-state index in [9.17, 15) is 4.79 Å². The summed E-state index contributed by atoms with van der Waals surface area (Å²) in [5.74, 6) is -0.421. The highest BCUT2D eigenvalue weighted by Crippen LogP contribution is 2.38. The van der Waals surface area contributed by atoms with Crippen LogP contribution in [0.5, 0.6) is 0 Å². The molecule has 3 aliphatic rings. The number of nitrogens with one attached hydrogen (secondary N) is 2. The fraction of sp³-hybridized carbons (Fsp3) is 0.792. The average molecular weight is 483 g/mol. The van der Waals surface area contributed by atoms with Gasteiger partial charge in [0.15, 0.2) is 0 Å². The summed E-state index contributed by atoms with van der Waals surface area (Å²) in [4.78, 5) is 18.0. The van der Waals surface area contributed by atoms with Gasteiger partial charge in [-0.1, -0.05) is 37.1 Å². The monoisotopic (exact) mass is 482 g/mol. The van der Waals surface area contributed by atoms with Crippen molar-refractivity contribution in [3.05, 3.63) is 22.9 Å². The van der Waals surface area contributed by atoms with Crippen LogP contribution in [0.25, 0.3) is 0 Å². The van der Waals surface area contributed by atoms with Crippen molar-refractivity contribution in [1.82, 2.24) is 20.4 Å². The van der Waals surface area contributed by atoms with Crippen LogP contribution in [-0.4, -0.2) is 86.9 Å². The molecule has 8 nitrogen and oxygen atoms in total. The summed E-state index contributed by atoms with van der Waals surface area (Å²) in [6, 6.07) is -0.0328. The van der Waals surface area contributed by atoms with Gasteiger partial charge in [-0.2, -0.15) is 0 Å². The first kappa shape index (κ1) is 26.4. The van der Waals surface area contributed by atoms with Crippen LogP contribution in [0.3, 0.4) is 0 Å². The molecule has 2 bridgehead atoms. The van der Waals surface area contributed by atoms with Crippen LogP contribution < -0.4 is 22.1 Å². The molecular formula is C24H43ClN6O2. The van der Waals surface area contributed by atoms with Crippen molar-refractivity contribution >= 4 is 17.5 Å². The van der Waals surface area contributed by atoms with Gasteiger partial charge in [0, 0.05) is 30.4 Å². The number of hydrogen-bond acceptors (Lipinski definition) is 7. The highest BCUT2D eigenvalue weighted by atomic mass is 35.5. The number of allylic oxidation sites excluding steroid dienone is 1. The van der Waals surface area contributed by atoms with E-state index in [0.29, 0.717) is 19.1 Å². The number of carbonyl (C=O) groups excluding carboxylic acids is 1. The quantitative estimate of drug-likeness (QED) is 0.258. The third-order valence-corrected chi connectivity index (χ3v) is 7.26. The molecule has 0 aromatic carbocycles. The summed E-state index contributed by atoms with van der Waals surface area (Å²) in [6.45, 7) is 6.22.